The molecule has 1 aromatic rings. The van der Waals surface area contributed by atoms with Crippen LogP contribution in [0.4, 0.5) is 0 Å². The molecule has 8 heteroatoms. The van der Waals surface area contributed by atoms with Gasteiger partial charge in [-0.2, -0.15) is 4.40 Å². The quantitative estimate of drug-likeness (QED) is 0.620. The van der Waals surface area contributed by atoms with Crippen LogP contribution in [0.15, 0.2) is 21.4 Å². The van der Waals surface area contributed by atoms with E-state index in [4.69, 9.17) is 5.73 Å². The highest BCUT2D eigenvalue weighted by molar-refractivity contribution is 14.2. The van der Waals surface area contributed by atoms with E-state index in [1.165, 1.54) is 9.12 Å². The van der Waals surface area contributed by atoms with E-state index in [1.54, 1.807) is 17.0 Å². The number of amides is 1. The topological polar surface area (TPSA) is 73.3 Å². The van der Waals surface area contributed by atoms with Crippen molar-refractivity contribution >= 4 is 52.2 Å². The van der Waals surface area contributed by atoms with Gasteiger partial charge in [-0.25, -0.2) is 4.98 Å². The highest BCUT2D eigenvalue weighted by Gasteiger charge is 1.99. The van der Waals surface area contributed by atoms with Gasteiger partial charge in [0.2, 0.25) is 5.91 Å². The summed E-state index contributed by atoms with van der Waals surface area (Å²) in [7, 11) is 1.27. The van der Waals surface area contributed by atoms with Gasteiger partial charge >= 0.3 is 0 Å². The predicted octanol–water partition coefficient (Wildman–Crippen LogP) is 1.03. The van der Waals surface area contributed by atoms with Gasteiger partial charge in [0.05, 0.1) is 6.20 Å². The van der Waals surface area contributed by atoms with Crippen LogP contribution in [0, 0.1) is 0 Å². The van der Waals surface area contributed by atoms with Gasteiger partial charge in [-0.15, -0.1) is 0 Å². The normalized spacial score (nSPS) is 11.7. The van der Waals surface area contributed by atoms with Crippen molar-refractivity contribution in [2.24, 2.45) is 10.1 Å². The molecule has 0 aliphatic carbocycles. The standard InChI is InChI=1S/C6H6BrIN4OS/c7-4-2-12(3-5(9)13)6(1-10-4)11-14-8/h1-2H,3H2,(H2,9,13)/b11-6+. The van der Waals surface area contributed by atoms with Crippen LogP contribution >= 0.6 is 46.3 Å². The van der Waals surface area contributed by atoms with Crippen LogP contribution in [0.25, 0.3) is 0 Å². The number of aromatic nitrogens is 2. The molecule has 76 valence electrons. The van der Waals surface area contributed by atoms with Gasteiger partial charge in [-0.1, -0.05) is 0 Å². The first-order valence-corrected chi connectivity index (χ1v) is 7.56. The Morgan fingerprint density at radius 2 is 2.57 bits per heavy atom. The average molecular weight is 389 g/mol. The number of nitrogens with two attached hydrogens (primary N) is 1. The molecule has 0 spiro atoms. The lowest BCUT2D eigenvalue weighted by molar-refractivity contribution is -0.118. The second kappa shape index (κ2) is 5.71. The monoisotopic (exact) mass is 388 g/mol. The molecule has 2 N–H and O–H groups in total. The molecular formula is C6H6BrIN4OS. The lowest BCUT2D eigenvalue weighted by Gasteiger charge is -2.03. The summed E-state index contributed by atoms with van der Waals surface area (Å²) in [6, 6.07) is 0. The Balaban J connectivity index is 3.16. The van der Waals surface area contributed by atoms with Gasteiger partial charge < -0.3 is 10.3 Å². The molecule has 1 amide bonds. The molecule has 0 fully saturated rings. The molecule has 0 saturated carbocycles. The molecule has 0 aliphatic heterocycles. The molecule has 1 aromatic heterocycles. The minimum absolute atomic E-state index is 0.0944. The maximum Gasteiger partial charge on any atom is 0.237 e. The lowest BCUT2D eigenvalue weighted by atomic mass is 10.5. The second-order valence-corrected chi connectivity index (χ2v) is 4.64. The first-order valence-electron chi connectivity index (χ1n) is 3.45. The Morgan fingerprint density at radius 3 is 3.14 bits per heavy atom. The number of primary amides is 1. The summed E-state index contributed by atoms with van der Waals surface area (Å²) in [6.07, 6.45) is 3.23. The molecule has 14 heavy (non-hydrogen) atoms. The molecule has 0 atom stereocenters. The number of carbonyl (C=O) groups excluding carboxylic acids is 1. The van der Waals surface area contributed by atoms with E-state index in [1.807, 2.05) is 21.2 Å². The largest absolute Gasteiger partial charge is 0.368 e. The number of nitrogens with zero attached hydrogens (tertiary/aromatic N) is 3. The van der Waals surface area contributed by atoms with Crippen molar-refractivity contribution < 1.29 is 4.79 Å². The number of rotatable bonds is 3. The summed E-state index contributed by atoms with van der Waals surface area (Å²) in [5.74, 6) is -0.414. The maximum absolute atomic E-state index is 10.8. The summed E-state index contributed by atoms with van der Waals surface area (Å²) in [5, 5.41) is 0. The van der Waals surface area contributed by atoms with Crippen molar-refractivity contribution in [2.75, 3.05) is 0 Å². The van der Waals surface area contributed by atoms with Crippen LogP contribution in [0.2, 0.25) is 0 Å². The molecule has 0 saturated heterocycles. The van der Waals surface area contributed by atoms with Crippen molar-refractivity contribution in [3.8, 4) is 0 Å². The van der Waals surface area contributed by atoms with Gasteiger partial charge in [-0.3, -0.25) is 4.79 Å². The Hall–Kier alpha value is -0.0900. The summed E-state index contributed by atoms with van der Waals surface area (Å²) in [6.45, 7) is 0.0944. The first kappa shape index (κ1) is 12.0. The van der Waals surface area contributed by atoms with E-state index in [9.17, 15) is 4.79 Å². The fourth-order valence-electron chi connectivity index (χ4n) is 0.828. The lowest BCUT2D eigenvalue weighted by Crippen LogP contribution is -2.28. The molecule has 0 radical (unpaired) electrons. The van der Waals surface area contributed by atoms with E-state index >= 15 is 0 Å². The Bertz CT molecular complexity index is 407. The third kappa shape index (κ3) is 3.58. The highest BCUT2D eigenvalue weighted by Crippen LogP contribution is 2.10. The Kier molecular flexibility index (Phi) is 4.89. The smallest absolute Gasteiger partial charge is 0.237 e. The van der Waals surface area contributed by atoms with E-state index in [-0.39, 0.29) is 6.54 Å². The first-order chi connectivity index (χ1) is 6.63. The van der Waals surface area contributed by atoms with Crippen molar-refractivity contribution in [1.82, 2.24) is 9.55 Å². The second-order valence-electron chi connectivity index (χ2n) is 2.32. The van der Waals surface area contributed by atoms with Crippen LogP contribution in [0.5, 0.6) is 0 Å². The van der Waals surface area contributed by atoms with Crippen molar-refractivity contribution in [3.05, 3.63) is 22.5 Å². The summed E-state index contributed by atoms with van der Waals surface area (Å²) < 4.78 is 6.34. The van der Waals surface area contributed by atoms with Gasteiger partial charge in [-0.05, 0) is 15.9 Å². The summed E-state index contributed by atoms with van der Waals surface area (Å²) in [4.78, 5) is 14.8. The maximum atomic E-state index is 10.8. The van der Waals surface area contributed by atoms with Crippen LogP contribution in [0.1, 0.15) is 0 Å². The predicted molar refractivity (Wildman–Crippen MR) is 66.3 cm³/mol. The zero-order chi connectivity index (χ0) is 10.6. The van der Waals surface area contributed by atoms with E-state index in [0.717, 1.165) is 0 Å². The van der Waals surface area contributed by atoms with Crippen LogP contribution in [-0.4, -0.2) is 15.5 Å². The molecule has 0 aromatic carbocycles. The minimum Gasteiger partial charge on any atom is -0.368 e. The summed E-state index contributed by atoms with van der Waals surface area (Å²) in [5.41, 5.74) is 5.70. The Morgan fingerprint density at radius 1 is 1.86 bits per heavy atom. The SMILES string of the molecule is NC(=O)Cn1cc(Br)nc/c1=N\SI. The van der Waals surface area contributed by atoms with Gasteiger partial charge in [0, 0.05) is 36.5 Å². The van der Waals surface area contributed by atoms with Gasteiger partial charge in [0.1, 0.15) is 11.1 Å². The molecular weight excluding hydrogens is 383 g/mol. The number of hydrogen-bond acceptors (Lipinski definition) is 4. The molecule has 0 unspecified atom stereocenters. The van der Waals surface area contributed by atoms with Gasteiger partial charge in [0.25, 0.3) is 0 Å². The molecule has 0 aliphatic rings. The molecule has 1 heterocycles. The minimum atomic E-state index is -0.414. The third-order valence-electron chi connectivity index (χ3n) is 1.31. The zero-order valence-electron chi connectivity index (χ0n) is 6.85. The number of hydrogen-bond donors (Lipinski definition) is 1. The van der Waals surface area contributed by atoms with Crippen LogP contribution in [0.3, 0.4) is 0 Å². The zero-order valence-corrected chi connectivity index (χ0v) is 11.4. The van der Waals surface area contributed by atoms with Crippen LogP contribution < -0.4 is 11.2 Å². The molecule has 0 bridgehead atoms. The molecule has 5 nitrogen and oxygen atoms in total. The molecule has 1 rings (SSSR count). The van der Waals surface area contributed by atoms with Crippen molar-refractivity contribution in [3.63, 3.8) is 0 Å². The van der Waals surface area contributed by atoms with Crippen molar-refractivity contribution in [2.45, 2.75) is 6.54 Å². The third-order valence-corrected chi connectivity index (χ3v) is 2.57. The number of halogens is 2. The highest BCUT2D eigenvalue weighted by atomic mass is 127. The fourth-order valence-corrected chi connectivity index (χ4v) is 2.01. The number of carbonyl (C=O) groups is 1. The van der Waals surface area contributed by atoms with E-state index in [0.29, 0.717) is 10.1 Å². The van der Waals surface area contributed by atoms with Crippen molar-refractivity contribution in [1.29, 1.82) is 0 Å². The fraction of sp³-hybridized carbons (Fsp3) is 0.167. The Labute approximate surface area is 105 Å². The summed E-state index contributed by atoms with van der Waals surface area (Å²) >= 11 is 5.23. The van der Waals surface area contributed by atoms with E-state index < -0.39 is 5.91 Å². The van der Waals surface area contributed by atoms with Gasteiger partial charge in [0.15, 0.2) is 5.49 Å². The van der Waals surface area contributed by atoms with E-state index in [2.05, 4.69) is 25.3 Å². The average Bonchev–Trinajstić information content (AvgIpc) is 2.09. The van der Waals surface area contributed by atoms with Crippen LogP contribution in [-0.2, 0) is 11.3 Å².